The lowest BCUT2D eigenvalue weighted by Crippen LogP contribution is -2.52. The molecule has 3 amide bonds. The third-order valence-corrected chi connectivity index (χ3v) is 7.65. The average molecular weight is 521 g/mol. The highest BCUT2D eigenvalue weighted by atomic mass is 32.2. The largest absolute Gasteiger partial charge is 0.481 e. The number of hydrogen-bond acceptors (Lipinski definition) is 9. The maximum absolute atomic E-state index is 13.1. The van der Waals surface area contributed by atoms with Gasteiger partial charge in [-0.2, -0.15) is 0 Å². The van der Waals surface area contributed by atoms with Crippen molar-refractivity contribution in [2.75, 3.05) is 60.7 Å². The lowest BCUT2D eigenvalue weighted by Gasteiger charge is -2.35. The first kappa shape index (κ1) is 23.5. The molecule has 0 bridgehead atoms. The smallest absolute Gasteiger partial charge is 0.414 e. The van der Waals surface area contributed by atoms with Crippen molar-refractivity contribution in [3.05, 3.63) is 42.6 Å². The molecule has 1 N–H and O–H groups in total. The fraction of sp³-hybridized carbons (Fsp3) is 0.320. The number of ether oxygens (including phenoxy) is 2. The predicted molar refractivity (Wildman–Crippen MR) is 138 cm³/mol. The number of thioether (sulfide) groups is 1. The van der Waals surface area contributed by atoms with Crippen molar-refractivity contribution in [3.63, 3.8) is 0 Å². The maximum Gasteiger partial charge on any atom is 0.414 e. The van der Waals surface area contributed by atoms with Crippen molar-refractivity contribution in [2.45, 2.75) is 11.0 Å². The van der Waals surface area contributed by atoms with E-state index < -0.39 is 6.09 Å². The Morgan fingerprint density at radius 1 is 1.14 bits per heavy atom. The molecule has 1 atom stereocenters. The molecule has 0 spiro atoms. The van der Waals surface area contributed by atoms with Gasteiger partial charge < -0.3 is 19.7 Å². The van der Waals surface area contributed by atoms with Gasteiger partial charge in [0, 0.05) is 42.5 Å². The Labute approximate surface area is 216 Å². The lowest BCUT2D eigenvalue weighted by atomic mass is 10.2. The van der Waals surface area contributed by atoms with Crippen molar-refractivity contribution in [1.29, 1.82) is 0 Å². The highest BCUT2D eigenvalue weighted by Crippen LogP contribution is 2.35. The van der Waals surface area contributed by atoms with Crippen LogP contribution < -0.4 is 19.9 Å². The van der Waals surface area contributed by atoms with Crippen LogP contribution in [0.15, 0.2) is 47.5 Å². The van der Waals surface area contributed by atoms with Crippen LogP contribution in [0.25, 0.3) is 11.0 Å². The highest BCUT2D eigenvalue weighted by molar-refractivity contribution is 8.00. The summed E-state index contributed by atoms with van der Waals surface area (Å²) in [6.07, 6.45) is 0.857. The van der Waals surface area contributed by atoms with Gasteiger partial charge in [-0.05, 0) is 30.3 Å². The zero-order valence-electron chi connectivity index (χ0n) is 20.0. The van der Waals surface area contributed by atoms with Crippen LogP contribution in [-0.4, -0.2) is 84.5 Å². The zero-order chi connectivity index (χ0) is 25.5. The third-order valence-electron chi connectivity index (χ3n) is 6.58. The molecule has 2 aromatic heterocycles. The SMILES string of the molecule is COc1ccc2nccc(N3CCN(C[C@@H]4CN(c5ccc6c(c5)NC(=O)CS6)C(=O)O4)CC3=O)c2n1. The summed E-state index contributed by atoms with van der Waals surface area (Å²) in [7, 11) is 1.55. The van der Waals surface area contributed by atoms with E-state index in [0.717, 1.165) is 4.90 Å². The number of rotatable bonds is 5. The first-order valence-electron chi connectivity index (χ1n) is 11.9. The van der Waals surface area contributed by atoms with Crippen molar-refractivity contribution >= 4 is 57.8 Å². The number of methoxy groups -OCH3 is 1. The molecule has 37 heavy (non-hydrogen) atoms. The molecule has 12 heteroatoms. The maximum atomic E-state index is 13.1. The quantitative estimate of drug-likeness (QED) is 0.541. The Kier molecular flexibility index (Phi) is 6.05. The molecule has 0 radical (unpaired) electrons. The first-order chi connectivity index (χ1) is 18.0. The Bertz CT molecular complexity index is 1420. The van der Waals surface area contributed by atoms with Gasteiger partial charge >= 0.3 is 6.09 Å². The van der Waals surface area contributed by atoms with E-state index in [1.807, 2.05) is 23.1 Å². The second-order valence-corrected chi connectivity index (χ2v) is 9.98. The molecule has 0 saturated carbocycles. The number of aromatic nitrogens is 2. The molecule has 1 aromatic carbocycles. The fourth-order valence-corrected chi connectivity index (χ4v) is 5.60. The molecular formula is C25H24N6O5S. The van der Waals surface area contributed by atoms with Crippen LogP contribution in [0.2, 0.25) is 0 Å². The normalized spacial score (nSPS) is 20.1. The summed E-state index contributed by atoms with van der Waals surface area (Å²) in [6, 6.07) is 10.9. The number of piperazine rings is 1. The second kappa shape index (κ2) is 9.52. The van der Waals surface area contributed by atoms with Crippen molar-refractivity contribution < 1.29 is 23.9 Å². The van der Waals surface area contributed by atoms with Crippen LogP contribution in [0.5, 0.6) is 5.88 Å². The summed E-state index contributed by atoms with van der Waals surface area (Å²) in [5.41, 5.74) is 3.37. The molecular weight excluding hydrogens is 496 g/mol. The lowest BCUT2D eigenvalue weighted by molar-refractivity contribution is -0.121. The van der Waals surface area contributed by atoms with Gasteiger partial charge in [-0.25, -0.2) is 9.78 Å². The van der Waals surface area contributed by atoms with Crippen molar-refractivity contribution in [3.8, 4) is 5.88 Å². The summed E-state index contributed by atoms with van der Waals surface area (Å²) in [5.74, 6) is 0.719. The number of amides is 3. The summed E-state index contributed by atoms with van der Waals surface area (Å²) >= 11 is 1.47. The topological polar surface area (TPSA) is 117 Å². The number of hydrogen-bond donors (Lipinski definition) is 1. The number of carbonyl (C=O) groups excluding carboxylic acids is 3. The van der Waals surface area contributed by atoms with E-state index in [0.29, 0.717) is 65.9 Å². The van der Waals surface area contributed by atoms with Gasteiger partial charge in [0.05, 0.1) is 42.8 Å². The van der Waals surface area contributed by atoms with Gasteiger partial charge in [0.25, 0.3) is 0 Å². The van der Waals surface area contributed by atoms with Gasteiger partial charge in [0.2, 0.25) is 17.7 Å². The molecule has 6 rings (SSSR count). The van der Waals surface area contributed by atoms with E-state index in [1.54, 1.807) is 41.3 Å². The number of anilines is 3. The van der Waals surface area contributed by atoms with E-state index in [1.165, 1.54) is 11.8 Å². The number of carbonyl (C=O) groups is 3. The van der Waals surface area contributed by atoms with Gasteiger partial charge in [-0.15, -0.1) is 11.8 Å². The molecule has 2 fully saturated rings. The Hall–Kier alpha value is -3.90. The zero-order valence-corrected chi connectivity index (χ0v) is 20.9. The molecule has 0 aliphatic carbocycles. The second-order valence-electron chi connectivity index (χ2n) is 8.97. The average Bonchev–Trinajstić information content (AvgIpc) is 3.27. The first-order valence-corrected chi connectivity index (χ1v) is 12.8. The van der Waals surface area contributed by atoms with Crippen molar-refractivity contribution in [1.82, 2.24) is 14.9 Å². The number of fused-ring (bicyclic) bond motifs is 2. The van der Waals surface area contributed by atoms with Crippen LogP contribution in [-0.2, 0) is 14.3 Å². The van der Waals surface area contributed by atoms with Gasteiger partial charge in [0.1, 0.15) is 11.6 Å². The molecule has 0 unspecified atom stereocenters. The van der Waals surface area contributed by atoms with Crippen LogP contribution in [0, 0.1) is 0 Å². The summed E-state index contributed by atoms with van der Waals surface area (Å²) in [5, 5.41) is 2.85. The van der Waals surface area contributed by atoms with Crippen molar-refractivity contribution in [2.24, 2.45) is 0 Å². The summed E-state index contributed by atoms with van der Waals surface area (Å²) in [6.45, 7) is 2.11. The van der Waals surface area contributed by atoms with E-state index in [2.05, 4.69) is 15.3 Å². The van der Waals surface area contributed by atoms with Crippen LogP contribution in [0.1, 0.15) is 0 Å². The molecule has 5 heterocycles. The number of benzene rings is 1. The summed E-state index contributed by atoms with van der Waals surface area (Å²) in [4.78, 5) is 52.6. The minimum absolute atomic E-state index is 0.0602. The van der Waals surface area contributed by atoms with E-state index in [9.17, 15) is 14.4 Å². The highest BCUT2D eigenvalue weighted by Gasteiger charge is 2.36. The fourth-order valence-electron chi connectivity index (χ4n) is 4.81. The van der Waals surface area contributed by atoms with E-state index >= 15 is 0 Å². The Balaban J connectivity index is 1.12. The molecule has 11 nitrogen and oxygen atoms in total. The predicted octanol–water partition coefficient (Wildman–Crippen LogP) is 2.36. The van der Waals surface area contributed by atoms with Crippen LogP contribution in [0.4, 0.5) is 21.9 Å². The number of nitrogens with zero attached hydrogens (tertiary/aromatic N) is 5. The molecule has 3 aliphatic rings. The standard InChI is InChI=1S/C25H24N6O5S/c1-35-22-5-3-17-24(28-22)19(6-7-26-17)30-9-8-29(13-23(30)33)11-16-12-31(25(34)36-16)15-2-4-20-18(10-15)27-21(32)14-37-20/h2-7,10,16H,8-9,11-14H2,1H3,(H,27,32)/t16-/m1/s1. The van der Waals surface area contributed by atoms with Crippen LogP contribution in [0.3, 0.4) is 0 Å². The molecule has 190 valence electrons. The summed E-state index contributed by atoms with van der Waals surface area (Å²) < 4.78 is 10.9. The number of nitrogens with one attached hydrogen (secondary N) is 1. The molecule has 3 aliphatic heterocycles. The third kappa shape index (κ3) is 4.53. The number of cyclic esters (lactones) is 1. The molecule has 3 aromatic rings. The van der Waals surface area contributed by atoms with Gasteiger partial charge in [-0.1, -0.05) is 0 Å². The number of pyridine rings is 2. The molecule has 2 saturated heterocycles. The monoisotopic (exact) mass is 520 g/mol. The van der Waals surface area contributed by atoms with Crippen LogP contribution >= 0.6 is 11.8 Å². The Morgan fingerprint density at radius 3 is 2.86 bits per heavy atom. The van der Waals surface area contributed by atoms with E-state index in [-0.39, 0.29) is 24.5 Å². The Morgan fingerprint density at radius 2 is 2.03 bits per heavy atom. The minimum Gasteiger partial charge on any atom is -0.481 e. The van der Waals surface area contributed by atoms with Gasteiger partial charge in [-0.3, -0.25) is 24.4 Å². The minimum atomic E-state index is -0.437. The van der Waals surface area contributed by atoms with E-state index in [4.69, 9.17) is 9.47 Å². The van der Waals surface area contributed by atoms with Gasteiger partial charge in [0.15, 0.2) is 0 Å².